The zero-order chi connectivity index (χ0) is 23.5. The lowest BCUT2D eigenvalue weighted by molar-refractivity contribution is -0.121. The second-order valence-electron chi connectivity index (χ2n) is 8.08. The highest BCUT2D eigenvalue weighted by molar-refractivity contribution is 7.99. The van der Waals surface area contributed by atoms with Gasteiger partial charge in [0.05, 0.1) is 18.5 Å². The summed E-state index contributed by atoms with van der Waals surface area (Å²) in [6, 6.07) is 24.0. The highest BCUT2D eigenvalue weighted by Gasteiger charge is 2.26. The summed E-state index contributed by atoms with van der Waals surface area (Å²) in [6.45, 7) is 0.569. The Balaban J connectivity index is 1.39. The Labute approximate surface area is 203 Å². The van der Waals surface area contributed by atoms with E-state index in [0.29, 0.717) is 18.7 Å². The van der Waals surface area contributed by atoms with Crippen LogP contribution in [0.4, 0.5) is 11.4 Å². The molecule has 1 aliphatic rings. The third-order valence-electron chi connectivity index (χ3n) is 5.97. The molecule has 7 heteroatoms. The molecule has 0 radical (unpaired) electrons. The van der Waals surface area contributed by atoms with Crippen LogP contribution in [-0.2, 0) is 11.8 Å². The molecule has 1 atom stereocenters. The second-order valence-corrected chi connectivity index (χ2v) is 9.16. The fourth-order valence-electron chi connectivity index (χ4n) is 4.31. The molecule has 0 spiro atoms. The molecule has 1 aliphatic heterocycles. The van der Waals surface area contributed by atoms with Gasteiger partial charge >= 0.3 is 0 Å². The zero-order valence-corrected chi connectivity index (χ0v) is 20.0. The molecule has 6 nitrogen and oxygen atoms in total. The number of hydrogen-bond donors (Lipinski definition) is 1. The summed E-state index contributed by atoms with van der Waals surface area (Å²) in [5, 5.41) is 3.20. The Hall–Kier alpha value is -3.71. The number of nitrogens with one attached hydrogen (secondary N) is 1. The topological polar surface area (TPSA) is 59.4 Å². The van der Waals surface area contributed by atoms with Crippen molar-refractivity contribution in [2.24, 2.45) is 7.05 Å². The molecule has 34 heavy (non-hydrogen) atoms. The maximum atomic E-state index is 13.3. The molecule has 1 aromatic heterocycles. The minimum atomic E-state index is -0.417. The van der Waals surface area contributed by atoms with Gasteiger partial charge in [0.15, 0.2) is 0 Å². The average Bonchev–Trinajstić information content (AvgIpc) is 3.30. The molecule has 0 saturated carbocycles. The zero-order valence-electron chi connectivity index (χ0n) is 19.1. The van der Waals surface area contributed by atoms with Gasteiger partial charge in [-0.1, -0.05) is 54.2 Å². The first-order valence-electron chi connectivity index (χ1n) is 11.2. The van der Waals surface area contributed by atoms with Gasteiger partial charge in [0.2, 0.25) is 5.91 Å². The summed E-state index contributed by atoms with van der Waals surface area (Å²) in [5.41, 5.74) is 3.13. The number of anilines is 2. The molecule has 2 heterocycles. The van der Waals surface area contributed by atoms with Crippen molar-refractivity contribution >= 4 is 29.0 Å². The fourth-order valence-corrected chi connectivity index (χ4v) is 5.41. The Bertz CT molecular complexity index is 1270. The van der Waals surface area contributed by atoms with Crippen molar-refractivity contribution in [3.63, 3.8) is 0 Å². The van der Waals surface area contributed by atoms with Crippen LogP contribution < -0.4 is 15.0 Å². The normalized spacial score (nSPS) is 13.1. The van der Waals surface area contributed by atoms with E-state index in [-0.39, 0.29) is 5.91 Å². The summed E-state index contributed by atoms with van der Waals surface area (Å²) in [4.78, 5) is 22.4. The lowest BCUT2D eigenvalue weighted by Crippen LogP contribution is -2.34. The lowest BCUT2D eigenvalue weighted by Gasteiger charge is -2.32. The third kappa shape index (κ3) is 4.26. The van der Waals surface area contributed by atoms with Crippen LogP contribution in [0.1, 0.15) is 23.9 Å². The molecule has 1 unspecified atom stereocenters. The number of benzene rings is 3. The van der Waals surface area contributed by atoms with E-state index in [2.05, 4.69) is 51.6 Å². The first kappa shape index (κ1) is 22.1. The van der Waals surface area contributed by atoms with Crippen LogP contribution in [0.5, 0.6) is 5.75 Å². The number of rotatable bonds is 7. The molecule has 4 aromatic rings. The van der Waals surface area contributed by atoms with Gasteiger partial charge in [-0.2, -0.15) is 0 Å². The van der Waals surface area contributed by atoms with E-state index in [1.54, 1.807) is 25.1 Å². The predicted octanol–water partition coefficient (Wildman–Crippen LogP) is 5.33. The van der Waals surface area contributed by atoms with Gasteiger partial charge in [0.25, 0.3) is 0 Å². The largest absolute Gasteiger partial charge is 0.496 e. The van der Waals surface area contributed by atoms with E-state index < -0.39 is 6.04 Å². The van der Waals surface area contributed by atoms with Crippen molar-refractivity contribution in [1.29, 1.82) is 0 Å². The van der Waals surface area contributed by atoms with Crippen LogP contribution in [0.25, 0.3) is 0 Å². The molecule has 1 N–H and O–H groups in total. The maximum Gasteiger partial charge on any atom is 0.222 e. The van der Waals surface area contributed by atoms with Gasteiger partial charge in [0, 0.05) is 47.8 Å². The smallest absolute Gasteiger partial charge is 0.222 e. The number of hydrogen-bond acceptors (Lipinski definition) is 5. The lowest BCUT2D eigenvalue weighted by atomic mass is 10.0. The quantitative estimate of drug-likeness (QED) is 0.396. The third-order valence-corrected chi connectivity index (χ3v) is 7.10. The number of aromatic nitrogens is 2. The molecule has 3 aromatic carbocycles. The number of imidazole rings is 1. The van der Waals surface area contributed by atoms with E-state index in [1.165, 1.54) is 9.79 Å². The van der Waals surface area contributed by atoms with E-state index in [1.807, 2.05) is 54.2 Å². The molecule has 172 valence electrons. The fraction of sp³-hybridized carbons (Fsp3) is 0.185. The number of para-hydroxylation sites is 3. The summed E-state index contributed by atoms with van der Waals surface area (Å²) in [5.74, 6) is 1.42. The van der Waals surface area contributed by atoms with Crippen LogP contribution in [0.2, 0.25) is 0 Å². The first-order chi connectivity index (χ1) is 16.7. The van der Waals surface area contributed by atoms with Gasteiger partial charge in [-0.3, -0.25) is 4.79 Å². The van der Waals surface area contributed by atoms with Crippen molar-refractivity contribution in [2.45, 2.75) is 22.3 Å². The van der Waals surface area contributed by atoms with Gasteiger partial charge in [-0.25, -0.2) is 4.98 Å². The van der Waals surface area contributed by atoms with Crippen molar-refractivity contribution < 1.29 is 9.53 Å². The number of carbonyl (C=O) groups is 1. The van der Waals surface area contributed by atoms with Gasteiger partial charge in [-0.15, -0.1) is 0 Å². The molecule has 1 amide bonds. The van der Waals surface area contributed by atoms with Crippen LogP contribution in [-0.4, -0.2) is 29.1 Å². The minimum Gasteiger partial charge on any atom is -0.496 e. The molecule has 5 rings (SSSR count). The molecule has 0 saturated heterocycles. The molecular formula is C27H26N4O2S. The minimum absolute atomic E-state index is 0.0490. The maximum absolute atomic E-state index is 13.3. The monoisotopic (exact) mass is 470 g/mol. The number of carbonyl (C=O) groups excluding carboxylic acids is 1. The predicted molar refractivity (Wildman–Crippen MR) is 135 cm³/mol. The van der Waals surface area contributed by atoms with Crippen molar-refractivity contribution in [1.82, 2.24) is 14.9 Å². The number of aryl methyl sites for hydroxylation is 1. The number of methoxy groups -OCH3 is 1. The summed E-state index contributed by atoms with van der Waals surface area (Å²) in [6.07, 6.45) is 3.95. The molecular weight excluding hydrogens is 444 g/mol. The van der Waals surface area contributed by atoms with Gasteiger partial charge < -0.3 is 19.5 Å². The average molecular weight is 471 g/mol. The van der Waals surface area contributed by atoms with E-state index in [4.69, 9.17) is 4.74 Å². The van der Waals surface area contributed by atoms with Crippen molar-refractivity contribution in [3.8, 4) is 5.75 Å². The summed E-state index contributed by atoms with van der Waals surface area (Å²) >= 11 is 1.77. The molecule has 0 aliphatic carbocycles. The van der Waals surface area contributed by atoms with Crippen LogP contribution in [0.15, 0.2) is 95.0 Å². The Morgan fingerprint density at radius 1 is 1.00 bits per heavy atom. The Morgan fingerprint density at radius 3 is 2.29 bits per heavy atom. The Kier molecular flexibility index (Phi) is 6.27. The second kappa shape index (κ2) is 9.65. The van der Waals surface area contributed by atoms with Gasteiger partial charge in [0.1, 0.15) is 17.6 Å². The standard InChI is InChI=1S/C27H26N4O2S/c1-30-18-16-28-27(30)26(19-9-3-6-12-22(19)33-2)29-25(32)15-17-31-20-10-4-7-13-23(20)34-24-14-8-5-11-21(24)31/h3-14,16,18,26H,15,17H2,1-2H3,(H,29,32). The number of amides is 1. The number of nitrogens with zero attached hydrogens (tertiary/aromatic N) is 3. The highest BCUT2D eigenvalue weighted by Crippen LogP contribution is 2.47. The van der Waals surface area contributed by atoms with Gasteiger partial charge in [-0.05, 0) is 30.3 Å². The number of fused-ring (bicyclic) bond motifs is 2. The van der Waals surface area contributed by atoms with Crippen LogP contribution in [0.3, 0.4) is 0 Å². The Morgan fingerprint density at radius 2 is 1.65 bits per heavy atom. The number of ether oxygens (including phenoxy) is 1. The van der Waals surface area contributed by atoms with Crippen LogP contribution in [0, 0.1) is 0 Å². The SMILES string of the molecule is COc1ccccc1C(NC(=O)CCN1c2ccccc2Sc2ccccc21)c1nccn1C. The van der Waals surface area contributed by atoms with Crippen molar-refractivity contribution in [2.75, 3.05) is 18.6 Å². The molecule has 0 fully saturated rings. The first-order valence-corrected chi connectivity index (χ1v) is 12.0. The van der Waals surface area contributed by atoms with Crippen LogP contribution >= 0.6 is 11.8 Å². The molecule has 0 bridgehead atoms. The van der Waals surface area contributed by atoms with E-state index >= 15 is 0 Å². The summed E-state index contributed by atoms with van der Waals surface area (Å²) in [7, 11) is 3.57. The van der Waals surface area contributed by atoms with E-state index in [9.17, 15) is 4.79 Å². The summed E-state index contributed by atoms with van der Waals surface area (Å²) < 4.78 is 7.50. The van der Waals surface area contributed by atoms with E-state index in [0.717, 1.165) is 22.8 Å². The highest BCUT2D eigenvalue weighted by atomic mass is 32.2. The van der Waals surface area contributed by atoms with Crippen molar-refractivity contribution in [3.05, 3.63) is 96.6 Å².